The maximum Gasteiger partial charge on any atom is 0.298 e. The van der Waals surface area contributed by atoms with E-state index in [0.29, 0.717) is 9.87 Å². The second-order valence-corrected chi connectivity index (χ2v) is 7.04. The predicted molar refractivity (Wildman–Crippen MR) is 105 cm³/mol. The zero-order valence-corrected chi connectivity index (χ0v) is 15.2. The van der Waals surface area contributed by atoms with E-state index in [1.165, 1.54) is 24.3 Å². The number of hydrogen-bond acceptors (Lipinski definition) is 6. The van der Waals surface area contributed by atoms with Crippen LogP contribution < -0.4 is 15.3 Å². The van der Waals surface area contributed by atoms with Crippen molar-refractivity contribution >= 4 is 39.2 Å². The van der Waals surface area contributed by atoms with Crippen LogP contribution in [0.25, 0.3) is 10.8 Å². The summed E-state index contributed by atoms with van der Waals surface area (Å²) >= 11 is 0. The van der Waals surface area contributed by atoms with E-state index in [1.807, 2.05) is 39.3 Å². The van der Waals surface area contributed by atoms with Gasteiger partial charge in [-0.15, -0.1) is 5.11 Å². The monoisotopic (exact) mass is 365 g/mol. The Morgan fingerprint density at radius 1 is 1.00 bits per heavy atom. The molecule has 0 saturated heterocycles. The van der Waals surface area contributed by atoms with Crippen LogP contribution in [0.1, 0.15) is 0 Å². The number of nitro benzene ring substituents is 1. The molecule has 0 aromatic heterocycles. The molecule has 2 N–H and O–H groups in total. The van der Waals surface area contributed by atoms with Crippen LogP contribution in [-0.4, -0.2) is 26.1 Å². The molecule has 0 unspecified atom stereocenters. The van der Waals surface area contributed by atoms with Gasteiger partial charge in [0.25, 0.3) is 5.69 Å². The van der Waals surface area contributed by atoms with Gasteiger partial charge < -0.3 is 10.8 Å². The molecule has 0 atom stereocenters. The Morgan fingerprint density at radius 3 is 2.37 bits per heavy atom. The first-order valence-electron chi connectivity index (χ1n) is 8.18. The van der Waals surface area contributed by atoms with Crippen molar-refractivity contribution < 1.29 is 10.0 Å². The summed E-state index contributed by atoms with van der Waals surface area (Å²) in [6.07, 6.45) is 0. The van der Waals surface area contributed by atoms with E-state index in [0.717, 1.165) is 11.1 Å². The van der Waals surface area contributed by atoms with Gasteiger partial charge in [0.05, 0.1) is 31.8 Å². The van der Waals surface area contributed by atoms with E-state index in [2.05, 4.69) is 10.2 Å². The van der Waals surface area contributed by atoms with Crippen molar-refractivity contribution in [1.29, 1.82) is 0 Å². The summed E-state index contributed by atoms with van der Waals surface area (Å²) in [7, 11) is 6.05. The standard InChI is InChI=1S/C19H19N5O3/c1-24(2,3)14-7-4-12-5-9-18(25)19(15(12)11-14)22-21-16-8-6-13(20)10-17(16)23(26)27/h4-11H,1-3H3,(H2-,20,21,22,25). The van der Waals surface area contributed by atoms with E-state index >= 15 is 0 Å². The van der Waals surface area contributed by atoms with Gasteiger partial charge in [-0.2, -0.15) is 5.11 Å². The van der Waals surface area contributed by atoms with Gasteiger partial charge in [-0.25, -0.2) is 0 Å². The quantitative estimate of drug-likeness (QED) is 0.247. The molecule has 138 valence electrons. The summed E-state index contributed by atoms with van der Waals surface area (Å²) in [6.45, 7) is 0. The van der Waals surface area contributed by atoms with Crippen LogP contribution in [0, 0.1) is 10.1 Å². The van der Waals surface area contributed by atoms with E-state index in [4.69, 9.17) is 5.73 Å². The van der Waals surface area contributed by atoms with Crippen LogP contribution in [-0.2, 0) is 0 Å². The van der Waals surface area contributed by atoms with Gasteiger partial charge in [0, 0.05) is 23.2 Å². The molecule has 0 aliphatic carbocycles. The molecule has 0 aliphatic heterocycles. The number of azo groups is 1. The van der Waals surface area contributed by atoms with E-state index in [1.54, 1.807) is 6.07 Å². The molecule has 0 bridgehead atoms. The smallest absolute Gasteiger partial charge is 0.298 e. The Balaban J connectivity index is 2.16. The highest BCUT2D eigenvalue weighted by Crippen LogP contribution is 2.38. The largest absolute Gasteiger partial charge is 0.871 e. The lowest BCUT2D eigenvalue weighted by Crippen LogP contribution is -2.34. The first kappa shape index (κ1) is 18.3. The number of nitrogens with zero attached hydrogens (tertiary/aromatic N) is 4. The Labute approximate surface area is 155 Å². The molecule has 8 nitrogen and oxygen atoms in total. The Bertz CT molecular complexity index is 1070. The number of quaternary nitrogens is 1. The van der Waals surface area contributed by atoms with Gasteiger partial charge in [-0.1, -0.05) is 17.9 Å². The maximum atomic E-state index is 12.4. The lowest BCUT2D eigenvalue weighted by Gasteiger charge is -2.24. The molecule has 0 saturated carbocycles. The fraction of sp³-hybridized carbons (Fsp3) is 0.158. The lowest BCUT2D eigenvalue weighted by atomic mass is 10.1. The highest BCUT2D eigenvalue weighted by molar-refractivity contribution is 5.97. The Morgan fingerprint density at radius 2 is 1.70 bits per heavy atom. The Hall–Kier alpha value is -3.52. The van der Waals surface area contributed by atoms with Gasteiger partial charge in [0.15, 0.2) is 5.69 Å². The SMILES string of the molecule is C[N+](C)(C)c1ccc2ccc([O-])c(N=Nc3ccc(N)cc3[N+](=O)[O-])c2c1. The molecule has 8 heteroatoms. The van der Waals surface area contributed by atoms with Crippen molar-refractivity contribution in [3.63, 3.8) is 0 Å². The molecule has 27 heavy (non-hydrogen) atoms. The number of nitrogen functional groups attached to an aromatic ring is 1. The molecule has 3 aromatic carbocycles. The van der Waals surface area contributed by atoms with Gasteiger partial charge in [0.2, 0.25) is 0 Å². The van der Waals surface area contributed by atoms with Crippen molar-refractivity contribution in [2.75, 3.05) is 26.9 Å². The van der Waals surface area contributed by atoms with Crippen LogP contribution in [0.15, 0.2) is 58.8 Å². The average molecular weight is 365 g/mol. The molecule has 3 aromatic rings. The topological polar surface area (TPSA) is 117 Å². The summed E-state index contributed by atoms with van der Waals surface area (Å²) < 4.78 is 0.568. The zero-order valence-electron chi connectivity index (χ0n) is 15.2. The van der Waals surface area contributed by atoms with Crippen molar-refractivity contribution in [3.8, 4) is 5.75 Å². The minimum Gasteiger partial charge on any atom is -0.871 e. The van der Waals surface area contributed by atoms with Crippen molar-refractivity contribution in [3.05, 3.63) is 58.6 Å². The normalized spacial score (nSPS) is 12.0. The molecule has 0 radical (unpaired) electrons. The molecule has 0 amide bonds. The fourth-order valence-corrected chi connectivity index (χ4v) is 2.67. The van der Waals surface area contributed by atoms with Crippen LogP contribution in [0.3, 0.4) is 0 Å². The van der Waals surface area contributed by atoms with E-state index in [9.17, 15) is 15.2 Å². The molecule has 3 rings (SSSR count). The predicted octanol–water partition coefficient (Wildman–Crippen LogP) is 4.02. The van der Waals surface area contributed by atoms with Crippen molar-refractivity contribution in [2.24, 2.45) is 10.2 Å². The summed E-state index contributed by atoms with van der Waals surface area (Å²) in [5, 5.41) is 33.1. The minimum atomic E-state index is -0.582. The lowest BCUT2D eigenvalue weighted by molar-refractivity contribution is -0.384. The average Bonchev–Trinajstić information content (AvgIpc) is 2.60. The Kier molecular flexibility index (Phi) is 4.50. The van der Waals surface area contributed by atoms with Gasteiger partial charge in [-0.05, 0) is 29.7 Å². The summed E-state index contributed by atoms with van der Waals surface area (Å²) in [5.74, 6) is -0.303. The zero-order chi connectivity index (χ0) is 19.8. The van der Waals surface area contributed by atoms with Gasteiger partial charge in [-0.3, -0.25) is 14.6 Å². The number of anilines is 1. The number of nitrogens with two attached hydrogens (primary N) is 1. The molecule has 0 heterocycles. The fourth-order valence-electron chi connectivity index (χ4n) is 2.67. The van der Waals surface area contributed by atoms with Crippen LogP contribution in [0.5, 0.6) is 5.75 Å². The highest BCUT2D eigenvalue weighted by atomic mass is 16.6. The number of hydrogen-bond donors (Lipinski definition) is 1. The molecule has 0 spiro atoms. The molecular formula is C19H19N5O3. The van der Waals surface area contributed by atoms with E-state index in [-0.39, 0.29) is 28.5 Å². The number of rotatable bonds is 4. The van der Waals surface area contributed by atoms with Gasteiger partial charge >= 0.3 is 0 Å². The second kappa shape index (κ2) is 6.65. The number of fused-ring (bicyclic) bond motifs is 1. The first-order chi connectivity index (χ1) is 12.7. The summed E-state index contributed by atoms with van der Waals surface area (Å²) in [5.41, 5.74) is 6.76. The number of benzene rings is 3. The second-order valence-electron chi connectivity index (χ2n) is 7.04. The van der Waals surface area contributed by atoms with E-state index < -0.39 is 4.92 Å². The molecule has 0 fully saturated rings. The van der Waals surface area contributed by atoms with Crippen LogP contribution >= 0.6 is 0 Å². The van der Waals surface area contributed by atoms with Crippen molar-refractivity contribution in [1.82, 2.24) is 4.48 Å². The third-order valence-electron chi connectivity index (χ3n) is 4.17. The van der Waals surface area contributed by atoms with Crippen LogP contribution in [0.4, 0.5) is 28.4 Å². The molecular weight excluding hydrogens is 346 g/mol. The number of nitro groups is 1. The third-order valence-corrected chi connectivity index (χ3v) is 4.17. The maximum absolute atomic E-state index is 12.4. The highest BCUT2D eigenvalue weighted by Gasteiger charge is 2.16. The summed E-state index contributed by atoms with van der Waals surface area (Å²) in [6, 6.07) is 13.0. The molecule has 0 aliphatic rings. The van der Waals surface area contributed by atoms with Crippen LogP contribution in [0.2, 0.25) is 0 Å². The minimum absolute atomic E-state index is 0.0355. The van der Waals surface area contributed by atoms with Crippen molar-refractivity contribution in [2.45, 2.75) is 0 Å². The third kappa shape index (κ3) is 3.70. The first-order valence-corrected chi connectivity index (χ1v) is 8.18. The van der Waals surface area contributed by atoms with Gasteiger partial charge in [0.1, 0.15) is 5.69 Å². The summed E-state index contributed by atoms with van der Waals surface area (Å²) in [4.78, 5) is 10.6.